The Morgan fingerprint density at radius 2 is 1.92 bits per heavy atom. The number of nitrogens with zero attached hydrogens (tertiary/aromatic N) is 3. The van der Waals surface area contributed by atoms with Gasteiger partial charge in [0.2, 0.25) is 5.95 Å². The number of thiophene rings is 1. The van der Waals surface area contributed by atoms with Gasteiger partial charge < -0.3 is 9.64 Å². The standard InChI is InChI=1S/C18H25N3O2S/c1-4-21-17(22)15-13-7-5-6-8-14(13)24-16(15)19-18(21)20-9-11(2)23-12(3)10-20/h11-12H,4-10H2,1-3H3. The zero-order valence-corrected chi connectivity index (χ0v) is 15.5. The number of aromatic nitrogens is 2. The Morgan fingerprint density at radius 3 is 2.62 bits per heavy atom. The van der Waals surface area contributed by atoms with Crippen molar-refractivity contribution in [3.8, 4) is 0 Å². The van der Waals surface area contributed by atoms with Crippen LogP contribution in [-0.4, -0.2) is 34.8 Å². The van der Waals surface area contributed by atoms with Gasteiger partial charge in [0.15, 0.2) is 0 Å². The van der Waals surface area contributed by atoms with Crippen molar-refractivity contribution in [3.05, 3.63) is 20.8 Å². The van der Waals surface area contributed by atoms with Crippen molar-refractivity contribution >= 4 is 27.5 Å². The van der Waals surface area contributed by atoms with E-state index in [2.05, 4.69) is 18.7 Å². The number of hydrogen-bond acceptors (Lipinski definition) is 5. The largest absolute Gasteiger partial charge is 0.372 e. The molecular formula is C18H25N3O2S. The molecule has 0 bridgehead atoms. The fourth-order valence-electron chi connectivity index (χ4n) is 4.10. The maximum absolute atomic E-state index is 13.2. The number of hydrogen-bond donors (Lipinski definition) is 0. The van der Waals surface area contributed by atoms with Crippen molar-refractivity contribution in [2.75, 3.05) is 18.0 Å². The molecule has 2 aromatic rings. The van der Waals surface area contributed by atoms with Gasteiger partial charge in [-0.3, -0.25) is 9.36 Å². The second-order valence-corrected chi connectivity index (χ2v) is 8.10. The van der Waals surface area contributed by atoms with E-state index in [0.717, 1.165) is 42.1 Å². The molecule has 4 rings (SSSR count). The summed E-state index contributed by atoms with van der Waals surface area (Å²) in [6.45, 7) is 8.42. The Morgan fingerprint density at radius 1 is 1.21 bits per heavy atom. The summed E-state index contributed by atoms with van der Waals surface area (Å²) in [5.74, 6) is 0.815. The van der Waals surface area contributed by atoms with Crippen molar-refractivity contribution in [2.45, 2.75) is 65.2 Å². The minimum Gasteiger partial charge on any atom is -0.372 e. The quantitative estimate of drug-likeness (QED) is 0.838. The van der Waals surface area contributed by atoms with E-state index >= 15 is 0 Å². The molecule has 0 saturated carbocycles. The summed E-state index contributed by atoms with van der Waals surface area (Å²) in [6, 6.07) is 0. The molecule has 5 nitrogen and oxygen atoms in total. The number of anilines is 1. The zero-order valence-electron chi connectivity index (χ0n) is 14.7. The molecule has 6 heteroatoms. The van der Waals surface area contributed by atoms with Crippen LogP contribution >= 0.6 is 11.3 Å². The lowest BCUT2D eigenvalue weighted by Crippen LogP contribution is -2.47. The molecule has 2 aliphatic rings. The maximum atomic E-state index is 13.2. The molecule has 0 amide bonds. The Balaban J connectivity index is 1.88. The van der Waals surface area contributed by atoms with E-state index < -0.39 is 0 Å². The first-order chi connectivity index (χ1) is 11.6. The summed E-state index contributed by atoms with van der Waals surface area (Å²) < 4.78 is 7.70. The van der Waals surface area contributed by atoms with Gasteiger partial charge in [-0.15, -0.1) is 11.3 Å². The van der Waals surface area contributed by atoms with E-state index in [9.17, 15) is 4.79 Å². The van der Waals surface area contributed by atoms with E-state index in [1.807, 2.05) is 11.5 Å². The molecular weight excluding hydrogens is 322 g/mol. The first-order valence-corrected chi connectivity index (χ1v) is 9.85. The maximum Gasteiger partial charge on any atom is 0.263 e. The van der Waals surface area contributed by atoms with Crippen molar-refractivity contribution in [2.24, 2.45) is 0 Å². The van der Waals surface area contributed by atoms with E-state index in [-0.39, 0.29) is 17.8 Å². The predicted octanol–water partition coefficient (Wildman–Crippen LogP) is 2.97. The van der Waals surface area contributed by atoms with Gasteiger partial charge in [0.1, 0.15) is 4.83 Å². The van der Waals surface area contributed by atoms with E-state index in [0.29, 0.717) is 6.54 Å². The van der Waals surface area contributed by atoms with Gasteiger partial charge in [0, 0.05) is 24.5 Å². The summed E-state index contributed by atoms with van der Waals surface area (Å²) in [7, 11) is 0. The van der Waals surface area contributed by atoms with Crippen LogP contribution in [0.25, 0.3) is 10.2 Å². The van der Waals surface area contributed by atoms with Crippen molar-refractivity contribution in [1.82, 2.24) is 9.55 Å². The topological polar surface area (TPSA) is 47.4 Å². The van der Waals surface area contributed by atoms with Crippen LogP contribution in [0.2, 0.25) is 0 Å². The summed E-state index contributed by atoms with van der Waals surface area (Å²) in [5, 5.41) is 0.884. The van der Waals surface area contributed by atoms with E-state index in [1.165, 1.54) is 23.3 Å². The molecule has 130 valence electrons. The average Bonchev–Trinajstić information content (AvgIpc) is 2.92. The van der Waals surface area contributed by atoms with Crippen LogP contribution in [0.5, 0.6) is 0 Å². The molecule has 2 unspecified atom stereocenters. The predicted molar refractivity (Wildman–Crippen MR) is 98.4 cm³/mol. The van der Waals surface area contributed by atoms with Crippen molar-refractivity contribution < 1.29 is 4.74 Å². The van der Waals surface area contributed by atoms with Crippen LogP contribution < -0.4 is 10.5 Å². The first kappa shape index (κ1) is 16.1. The molecule has 1 aliphatic heterocycles. The molecule has 2 atom stereocenters. The molecule has 1 saturated heterocycles. The second-order valence-electron chi connectivity index (χ2n) is 7.01. The molecule has 0 aromatic carbocycles. The van der Waals surface area contributed by atoms with Gasteiger partial charge in [-0.05, 0) is 52.0 Å². The Bertz CT molecular complexity index is 816. The Hall–Kier alpha value is -1.40. The highest BCUT2D eigenvalue weighted by molar-refractivity contribution is 7.18. The molecule has 24 heavy (non-hydrogen) atoms. The molecule has 0 spiro atoms. The third-order valence-corrected chi connectivity index (χ3v) is 6.26. The molecule has 1 aliphatic carbocycles. The number of ether oxygens (including phenoxy) is 1. The van der Waals surface area contributed by atoms with Gasteiger partial charge in [-0.2, -0.15) is 0 Å². The number of aryl methyl sites for hydroxylation is 2. The highest BCUT2D eigenvalue weighted by Crippen LogP contribution is 2.34. The number of fused-ring (bicyclic) bond motifs is 3. The average molecular weight is 347 g/mol. The van der Waals surface area contributed by atoms with Gasteiger partial charge in [0.05, 0.1) is 17.6 Å². The fourth-order valence-corrected chi connectivity index (χ4v) is 5.34. The van der Waals surface area contributed by atoms with Gasteiger partial charge in [-0.25, -0.2) is 4.98 Å². The van der Waals surface area contributed by atoms with Crippen LogP contribution in [0.1, 0.15) is 44.1 Å². The first-order valence-electron chi connectivity index (χ1n) is 9.04. The summed E-state index contributed by atoms with van der Waals surface area (Å²) >= 11 is 1.73. The second kappa shape index (κ2) is 6.15. The molecule has 0 radical (unpaired) electrons. The zero-order chi connectivity index (χ0) is 16.8. The molecule has 3 heterocycles. The minimum atomic E-state index is 0.142. The van der Waals surface area contributed by atoms with Crippen LogP contribution in [0.3, 0.4) is 0 Å². The van der Waals surface area contributed by atoms with Crippen LogP contribution in [0.4, 0.5) is 5.95 Å². The van der Waals surface area contributed by atoms with Gasteiger partial charge >= 0.3 is 0 Å². The molecule has 1 fully saturated rings. The lowest BCUT2D eigenvalue weighted by molar-refractivity contribution is -0.00595. The highest BCUT2D eigenvalue weighted by Gasteiger charge is 2.28. The van der Waals surface area contributed by atoms with Crippen LogP contribution in [-0.2, 0) is 24.1 Å². The highest BCUT2D eigenvalue weighted by atomic mass is 32.1. The smallest absolute Gasteiger partial charge is 0.263 e. The van der Waals surface area contributed by atoms with Gasteiger partial charge in [0.25, 0.3) is 5.56 Å². The van der Waals surface area contributed by atoms with Crippen LogP contribution in [0, 0.1) is 0 Å². The third kappa shape index (κ3) is 2.56. The SMILES string of the molecule is CCn1c(N2CC(C)OC(C)C2)nc2sc3c(c2c1=O)CCCC3. The Labute approximate surface area is 146 Å². The van der Waals surface area contributed by atoms with Gasteiger partial charge in [-0.1, -0.05) is 0 Å². The van der Waals surface area contributed by atoms with Crippen LogP contribution in [0.15, 0.2) is 4.79 Å². The lowest BCUT2D eigenvalue weighted by atomic mass is 9.97. The van der Waals surface area contributed by atoms with E-state index in [1.54, 1.807) is 11.3 Å². The normalized spacial score (nSPS) is 24.4. The summed E-state index contributed by atoms with van der Waals surface area (Å²) in [5.41, 5.74) is 1.42. The number of morpholine rings is 1. The van der Waals surface area contributed by atoms with Crippen molar-refractivity contribution in [3.63, 3.8) is 0 Å². The molecule has 0 N–H and O–H groups in total. The van der Waals surface area contributed by atoms with Crippen molar-refractivity contribution in [1.29, 1.82) is 0 Å². The van der Waals surface area contributed by atoms with E-state index in [4.69, 9.17) is 9.72 Å². The number of rotatable bonds is 2. The summed E-state index contributed by atoms with van der Waals surface area (Å²) in [4.78, 5) is 22.7. The fraction of sp³-hybridized carbons (Fsp3) is 0.667. The Kier molecular flexibility index (Phi) is 4.12. The lowest BCUT2D eigenvalue weighted by Gasteiger charge is -2.36. The minimum absolute atomic E-state index is 0.142. The third-order valence-electron chi connectivity index (χ3n) is 5.07. The summed E-state index contributed by atoms with van der Waals surface area (Å²) in [6.07, 6.45) is 4.85. The molecule has 2 aromatic heterocycles. The monoisotopic (exact) mass is 347 g/mol.